The maximum atomic E-state index is 13.3. The van der Waals surface area contributed by atoms with E-state index in [0.717, 1.165) is 30.9 Å². The third-order valence-electron chi connectivity index (χ3n) is 6.90. The number of nitrogens with zero attached hydrogens (tertiary/aromatic N) is 3. The Morgan fingerprint density at radius 1 is 0.889 bits per heavy atom. The highest BCUT2D eigenvalue weighted by Crippen LogP contribution is 2.33. The standard InChI is InChI=1S/C28H31N3O4S/c1-22-19-25(36(33,34)31-14-13-24-9-5-6-10-26(24)31)11-12-27(22)35-21-28(32)30-17-15-29(16-18-30)20-23-7-3-2-4-8-23/h2-12,19H,13-18,20-21H2,1H3. The minimum atomic E-state index is -3.67. The monoisotopic (exact) mass is 505 g/mol. The van der Waals surface area contributed by atoms with E-state index in [1.54, 1.807) is 25.1 Å². The molecule has 1 amide bonds. The van der Waals surface area contributed by atoms with Gasteiger partial charge in [-0.1, -0.05) is 48.5 Å². The molecule has 0 radical (unpaired) electrons. The summed E-state index contributed by atoms with van der Waals surface area (Å²) in [6.07, 6.45) is 0.707. The van der Waals surface area contributed by atoms with Crippen LogP contribution in [0, 0.1) is 6.92 Å². The Balaban J connectivity index is 1.16. The first kappa shape index (κ1) is 24.3. The van der Waals surface area contributed by atoms with Crippen molar-refractivity contribution in [1.82, 2.24) is 9.80 Å². The number of para-hydroxylation sites is 1. The molecule has 8 heteroatoms. The van der Waals surface area contributed by atoms with Crippen molar-refractivity contribution >= 4 is 21.6 Å². The van der Waals surface area contributed by atoms with Crippen LogP contribution in [0.5, 0.6) is 5.75 Å². The normalized spacial score (nSPS) is 16.1. The van der Waals surface area contributed by atoms with Crippen LogP contribution in [0.4, 0.5) is 5.69 Å². The van der Waals surface area contributed by atoms with Gasteiger partial charge in [0.2, 0.25) is 0 Å². The number of amides is 1. The molecule has 1 fully saturated rings. The van der Waals surface area contributed by atoms with Crippen LogP contribution in [-0.2, 0) is 27.8 Å². The maximum absolute atomic E-state index is 13.3. The number of ether oxygens (including phenoxy) is 1. The van der Waals surface area contributed by atoms with Gasteiger partial charge in [0, 0.05) is 39.3 Å². The fraction of sp³-hybridized carbons (Fsp3) is 0.321. The van der Waals surface area contributed by atoms with E-state index in [4.69, 9.17) is 4.74 Å². The zero-order chi connectivity index (χ0) is 25.1. The lowest BCUT2D eigenvalue weighted by Gasteiger charge is -2.34. The van der Waals surface area contributed by atoms with E-state index in [0.29, 0.717) is 37.4 Å². The number of sulfonamides is 1. The lowest BCUT2D eigenvalue weighted by Crippen LogP contribution is -2.49. The zero-order valence-corrected chi connectivity index (χ0v) is 21.3. The second kappa shape index (κ2) is 10.3. The summed E-state index contributed by atoms with van der Waals surface area (Å²) in [7, 11) is -3.67. The zero-order valence-electron chi connectivity index (χ0n) is 20.5. The maximum Gasteiger partial charge on any atom is 0.264 e. The van der Waals surface area contributed by atoms with E-state index in [2.05, 4.69) is 17.0 Å². The Bertz CT molecular complexity index is 1340. The molecule has 36 heavy (non-hydrogen) atoms. The van der Waals surface area contributed by atoms with Gasteiger partial charge in [0.1, 0.15) is 5.75 Å². The molecule has 5 rings (SSSR count). The fourth-order valence-electron chi connectivity index (χ4n) is 4.86. The van der Waals surface area contributed by atoms with Crippen molar-refractivity contribution in [2.75, 3.05) is 43.6 Å². The number of piperazine rings is 1. The van der Waals surface area contributed by atoms with Crippen molar-refractivity contribution in [2.45, 2.75) is 24.8 Å². The van der Waals surface area contributed by atoms with E-state index in [1.165, 1.54) is 9.87 Å². The second-order valence-corrected chi connectivity index (χ2v) is 11.2. The third kappa shape index (κ3) is 5.10. The average Bonchev–Trinajstić information content (AvgIpc) is 3.34. The summed E-state index contributed by atoms with van der Waals surface area (Å²) >= 11 is 0. The molecule has 0 spiro atoms. The highest BCUT2D eigenvalue weighted by atomic mass is 32.2. The van der Waals surface area contributed by atoms with Gasteiger partial charge in [-0.05, 0) is 54.3 Å². The van der Waals surface area contributed by atoms with Gasteiger partial charge in [-0.3, -0.25) is 14.0 Å². The Kier molecular flexibility index (Phi) is 6.98. The third-order valence-corrected chi connectivity index (χ3v) is 8.71. The number of carbonyl (C=O) groups is 1. The van der Waals surface area contributed by atoms with Crippen LogP contribution in [0.1, 0.15) is 16.7 Å². The molecule has 0 bridgehead atoms. The Hall–Kier alpha value is -3.36. The average molecular weight is 506 g/mol. The van der Waals surface area contributed by atoms with Crippen molar-refractivity contribution in [2.24, 2.45) is 0 Å². The molecule has 2 heterocycles. The van der Waals surface area contributed by atoms with Crippen LogP contribution in [0.25, 0.3) is 0 Å². The molecule has 0 atom stereocenters. The Morgan fingerprint density at radius 3 is 2.36 bits per heavy atom. The molecule has 1 saturated heterocycles. The summed E-state index contributed by atoms with van der Waals surface area (Å²) < 4.78 is 33.9. The first-order valence-electron chi connectivity index (χ1n) is 12.3. The largest absolute Gasteiger partial charge is 0.483 e. The number of hydrogen-bond acceptors (Lipinski definition) is 5. The SMILES string of the molecule is Cc1cc(S(=O)(=O)N2CCc3ccccc32)ccc1OCC(=O)N1CCN(Cc2ccccc2)CC1. The molecule has 0 saturated carbocycles. The van der Waals surface area contributed by atoms with Crippen LogP contribution in [0.3, 0.4) is 0 Å². The van der Waals surface area contributed by atoms with Crippen LogP contribution in [0.2, 0.25) is 0 Å². The van der Waals surface area contributed by atoms with Crippen LogP contribution >= 0.6 is 0 Å². The fourth-order valence-corrected chi connectivity index (χ4v) is 6.45. The number of rotatable bonds is 7. The number of hydrogen-bond donors (Lipinski definition) is 0. The second-order valence-electron chi connectivity index (χ2n) is 9.31. The summed E-state index contributed by atoms with van der Waals surface area (Å²) in [6.45, 7) is 6.05. The van der Waals surface area contributed by atoms with E-state index >= 15 is 0 Å². The molecule has 2 aliphatic heterocycles. The Labute approximate surface area is 212 Å². The molecular weight excluding hydrogens is 474 g/mol. The first-order valence-corrected chi connectivity index (χ1v) is 13.7. The van der Waals surface area contributed by atoms with Crippen LogP contribution < -0.4 is 9.04 Å². The summed E-state index contributed by atoms with van der Waals surface area (Å²) in [4.78, 5) is 17.2. The lowest BCUT2D eigenvalue weighted by atomic mass is 10.2. The van der Waals surface area contributed by atoms with E-state index in [1.807, 2.05) is 47.4 Å². The van der Waals surface area contributed by atoms with Crippen molar-refractivity contribution < 1.29 is 17.9 Å². The molecule has 0 unspecified atom stereocenters. The molecule has 0 N–H and O–H groups in total. The molecule has 3 aromatic carbocycles. The lowest BCUT2D eigenvalue weighted by molar-refractivity contribution is -0.135. The summed E-state index contributed by atoms with van der Waals surface area (Å²) in [5.41, 5.74) is 3.74. The van der Waals surface area contributed by atoms with Crippen LogP contribution in [0.15, 0.2) is 77.7 Å². The van der Waals surface area contributed by atoms with Gasteiger partial charge >= 0.3 is 0 Å². The van der Waals surface area contributed by atoms with Gasteiger partial charge in [-0.2, -0.15) is 0 Å². The van der Waals surface area contributed by atoms with E-state index in [-0.39, 0.29) is 17.4 Å². The highest BCUT2D eigenvalue weighted by Gasteiger charge is 2.31. The van der Waals surface area contributed by atoms with E-state index in [9.17, 15) is 13.2 Å². The smallest absolute Gasteiger partial charge is 0.264 e. The molecule has 0 aromatic heterocycles. The molecule has 2 aliphatic rings. The van der Waals surface area contributed by atoms with Crippen molar-refractivity contribution in [1.29, 1.82) is 0 Å². The minimum Gasteiger partial charge on any atom is -0.483 e. The molecule has 3 aromatic rings. The van der Waals surface area contributed by atoms with Gasteiger partial charge in [0.25, 0.3) is 15.9 Å². The summed E-state index contributed by atoms with van der Waals surface area (Å²) in [5, 5.41) is 0. The van der Waals surface area contributed by atoms with Gasteiger partial charge in [-0.15, -0.1) is 0 Å². The number of fused-ring (bicyclic) bond motifs is 1. The van der Waals surface area contributed by atoms with Gasteiger partial charge in [0.05, 0.1) is 10.6 Å². The highest BCUT2D eigenvalue weighted by molar-refractivity contribution is 7.92. The molecule has 7 nitrogen and oxygen atoms in total. The summed E-state index contributed by atoms with van der Waals surface area (Å²) in [6, 6.07) is 22.8. The number of aryl methyl sites for hydroxylation is 1. The minimum absolute atomic E-state index is 0.0564. The van der Waals surface area contributed by atoms with Crippen molar-refractivity contribution in [3.63, 3.8) is 0 Å². The number of carbonyl (C=O) groups excluding carboxylic acids is 1. The molecule has 188 valence electrons. The quantitative estimate of drug-likeness (QED) is 0.492. The molecule has 0 aliphatic carbocycles. The predicted octanol–water partition coefficient (Wildman–Crippen LogP) is 3.47. The summed E-state index contributed by atoms with van der Waals surface area (Å²) in [5.74, 6) is 0.464. The van der Waals surface area contributed by atoms with Crippen LogP contribution in [-0.4, -0.2) is 63.5 Å². The topological polar surface area (TPSA) is 70.2 Å². The van der Waals surface area contributed by atoms with Gasteiger partial charge in [-0.25, -0.2) is 8.42 Å². The molecular formula is C28H31N3O4S. The Morgan fingerprint density at radius 2 is 1.61 bits per heavy atom. The van der Waals surface area contributed by atoms with Gasteiger partial charge in [0.15, 0.2) is 6.61 Å². The number of benzene rings is 3. The van der Waals surface area contributed by atoms with Crippen molar-refractivity contribution in [3.8, 4) is 5.75 Å². The number of anilines is 1. The predicted molar refractivity (Wildman–Crippen MR) is 140 cm³/mol. The van der Waals surface area contributed by atoms with Gasteiger partial charge < -0.3 is 9.64 Å². The van der Waals surface area contributed by atoms with E-state index < -0.39 is 10.0 Å². The van der Waals surface area contributed by atoms with Crippen molar-refractivity contribution in [3.05, 3.63) is 89.5 Å². The first-order chi connectivity index (χ1) is 17.4.